The predicted octanol–water partition coefficient (Wildman–Crippen LogP) is 4.06. The largest absolute Gasteiger partial charge is 0.388 e. The summed E-state index contributed by atoms with van der Waals surface area (Å²) >= 11 is 3.16. The van der Waals surface area contributed by atoms with Crippen LogP contribution in [0.5, 0.6) is 0 Å². The second-order valence-electron chi connectivity index (χ2n) is 3.91. The van der Waals surface area contributed by atoms with E-state index in [1.165, 1.54) is 6.07 Å². The molecule has 2 unspecified atom stereocenters. The van der Waals surface area contributed by atoms with Crippen molar-refractivity contribution >= 4 is 15.9 Å². The highest BCUT2D eigenvalue weighted by Gasteiger charge is 2.15. The minimum Gasteiger partial charge on any atom is -0.388 e. The summed E-state index contributed by atoms with van der Waals surface area (Å²) in [7, 11) is 0. The van der Waals surface area contributed by atoms with Gasteiger partial charge >= 0.3 is 0 Å². The molecule has 1 aromatic rings. The van der Waals surface area contributed by atoms with Crippen LogP contribution in [0.2, 0.25) is 0 Å². The normalized spacial score (nSPS) is 15.0. The van der Waals surface area contributed by atoms with Gasteiger partial charge in [-0.25, -0.2) is 4.39 Å². The van der Waals surface area contributed by atoms with Crippen LogP contribution in [0.1, 0.15) is 38.4 Å². The zero-order valence-corrected chi connectivity index (χ0v) is 10.6. The Balaban J connectivity index is 2.82. The van der Waals surface area contributed by atoms with Gasteiger partial charge < -0.3 is 5.11 Å². The van der Waals surface area contributed by atoms with E-state index in [2.05, 4.69) is 29.8 Å². The Morgan fingerprint density at radius 2 is 2.13 bits per heavy atom. The van der Waals surface area contributed by atoms with Crippen molar-refractivity contribution in [3.63, 3.8) is 0 Å². The second-order valence-corrected chi connectivity index (χ2v) is 4.70. The van der Waals surface area contributed by atoms with E-state index in [-0.39, 0.29) is 5.82 Å². The van der Waals surface area contributed by atoms with Gasteiger partial charge in [-0.15, -0.1) is 0 Å². The van der Waals surface area contributed by atoms with Gasteiger partial charge in [0.1, 0.15) is 5.82 Å². The molecule has 0 heterocycles. The van der Waals surface area contributed by atoms with Gasteiger partial charge in [-0.05, 0) is 39.9 Å². The number of rotatable bonds is 4. The molecule has 0 saturated heterocycles. The predicted molar refractivity (Wildman–Crippen MR) is 63.1 cm³/mol. The number of benzene rings is 1. The van der Waals surface area contributed by atoms with E-state index in [0.29, 0.717) is 22.4 Å². The molecule has 0 bridgehead atoms. The minimum absolute atomic E-state index is 0.323. The molecule has 1 N–H and O–H groups in total. The van der Waals surface area contributed by atoms with E-state index in [1.807, 2.05) is 0 Å². The molecular formula is C12H16BrFO. The fourth-order valence-corrected chi connectivity index (χ4v) is 1.98. The van der Waals surface area contributed by atoms with Crippen LogP contribution in [0, 0.1) is 11.7 Å². The summed E-state index contributed by atoms with van der Waals surface area (Å²) in [6.45, 7) is 4.16. The third kappa shape index (κ3) is 3.28. The van der Waals surface area contributed by atoms with Gasteiger partial charge in [0.05, 0.1) is 10.6 Å². The Bertz CT molecular complexity index is 327. The van der Waals surface area contributed by atoms with Crippen molar-refractivity contribution in [3.8, 4) is 0 Å². The average molecular weight is 275 g/mol. The zero-order valence-electron chi connectivity index (χ0n) is 9.00. The van der Waals surface area contributed by atoms with Crippen LogP contribution in [0.4, 0.5) is 4.39 Å². The first-order valence-corrected chi connectivity index (χ1v) is 5.97. The van der Waals surface area contributed by atoms with E-state index in [4.69, 9.17) is 0 Å². The molecular weight excluding hydrogens is 259 g/mol. The van der Waals surface area contributed by atoms with Gasteiger partial charge in [-0.2, -0.15) is 0 Å². The summed E-state index contributed by atoms with van der Waals surface area (Å²) in [4.78, 5) is 0. The first kappa shape index (κ1) is 12.7. The maximum absolute atomic E-state index is 13.2. The summed E-state index contributed by atoms with van der Waals surface area (Å²) in [5, 5.41) is 9.93. The zero-order chi connectivity index (χ0) is 11.4. The molecule has 2 atom stereocenters. The summed E-state index contributed by atoms with van der Waals surface area (Å²) in [5.41, 5.74) is 0.635. The van der Waals surface area contributed by atoms with Gasteiger partial charge in [0.2, 0.25) is 0 Å². The van der Waals surface area contributed by atoms with Gasteiger partial charge in [0.15, 0.2) is 0 Å². The van der Waals surface area contributed by atoms with E-state index < -0.39 is 6.10 Å². The number of hydrogen-bond acceptors (Lipinski definition) is 1. The molecule has 1 rings (SSSR count). The summed E-state index contributed by atoms with van der Waals surface area (Å²) in [6.07, 6.45) is 1.09. The van der Waals surface area contributed by atoms with Crippen molar-refractivity contribution < 1.29 is 9.50 Å². The van der Waals surface area contributed by atoms with Crippen molar-refractivity contribution in [2.75, 3.05) is 0 Å². The van der Waals surface area contributed by atoms with E-state index >= 15 is 0 Å². The molecule has 0 aliphatic carbocycles. The molecule has 0 saturated carbocycles. The molecule has 0 aliphatic rings. The lowest BCUT2D eigenvalue weighted by Gasteiger charge is -2.16. The molecule has 1 aromatic carbocycles. The molecule has 84 valence electrons. The van der Waals surface area contributed by atoms with Crippen LogP contribution in [0.25, 0.3) is 0 Å². The molecule has 0 aromatic heterocycles. The highest BCUT2D eigenvalue weighted by Crippen LogP contribution is 2.30. The highest BCUT2D eigenvalue weighted by atomic mass is 79.9. The molecule has 0 fully saturated rings. The van der Waals surface area contributed by atoms with Gasteiger partial charge in [0.25, 0.3) is 0 Å². The number of aliphatic hydroxyl groups excluding tert-OH is 1. The van der Waals surface area contributed by atoms with Crippen molar-refractivity contribution in [3.05, 3.63) is 34.1 Å². The monoisotopic (exact) mass is 274 g/mol. The molecule has 3 heteroatoms. The van der Waals surface area contributed by atoms with Gasteiger partial charge in [-0.3, -0.25) is 0 Å². The third-order valence-corrected chi connectivity index (χ3v) is 3.50. The Kier molecular flexibility index (Phi) is 4.74. The van der Waals surface area contributed by atoms with Gasteiger partial charge in [0, 0.05) is 0 Å². The van der Waals surface area contributed by atoms with E-state index in [1.54, 1.807) is 12.1 Å². The van der Waals surface area contributed by atoms with Crippen LogP contribution in [0.15, 0.2) is 22.7 Å². The van der Waals surface area contributed by atoms with Crippen molar-refractivity contribution in [2.45, 2.75) is 32.8 Å². The first-order valence-electron chi connectivity index (χ1n) is 5.18. The SMILES string of the molecule is CCC(C)CC(O)c1cccc(F)c1Br. The van der Waals surface area contributed by atoms with Crippen LogP contribution in [0.3, 0.4) is 0 Å². The fraction of sp³-hybridized carbons (Fsp3) is 0.500. The number of hydrogen-bond donors (Lipinski definition) is 1. The van der Waals surface area contributed by atoms with Gasteiger partial charge in [-0.1, -0.05) is 32.4 Å². The van der Waals surface area contributed by atoms with Crippen molar-refractivity contribution in [1.29, 1.82) is 0 Å². The Labute approximate surface area is 98.4 Å². The second kappa shape index (κ2) is 5.61. The molecule has 0 radical (unpaired) electrons. The summed E-state index contributed by atoms with van der Waals surface area (Å²) in [5.74, 6) is 0.117. The third-order valence-electron chi connectivity index (χ3n) is 2.66. The Hall–Kier alpha value is -0.410. The Morgan fingerprint density at radius 3 is 2.73 bits per heavy atom. The van der Waals surface area contributed by atoms with Crippen molar-refractivity contribution in [1.82, 2.24) is 0 Å². The molecule has 0 spiro atoms. The fourth-order valence-electron chi connectivity index (χ4n) is 1.45. The minimum atomic E-state index is -0.593. The van der Waals surface area contributed by atoms with Crippen LogP contribution >= 0.6 is 15.9 Å². The highest BCUT2D eigenvalue weighted by molar-refractivity contribution is 9.10. The number of halogens is 2. The van der Waals surface area contributed by atoms with Crippen LogP contribution < -0.4 is 0 Å². The standard InChI is InChI=1S/C12H16BrFO/c1-3-8(2)7-11(15)9-5-4-6-10(14)12(9)13/h4-6,8,11,15H,3,7H2,1-2H3. The molecule has 0 amide bonds. The summed E-state index contributed by atoms with van der Waals surface area (Å²) < 4.78 is 13.6. The number of aliphatic hydroxyl groups is 1. The van der Waals surface area contributed by atoms with E-state index in [9.17, 15) is 9.50 Å². The molecule has 15 heavy (non-hydrogen) atoms. The van der Waals surface area contributed by atoms with E-state index in [0.717, 1.165) is 6.42 Å². The quantitative estimate of drug-likeness (QED) is 0.878. The maximum Gasteiger partial charge on any atom is 0.137 e. The van der Waals surface area contributed by atoms with Crippen LogP contribution in [-0.4, -0.2) is 5.11 Å². The smallest absolute Gasteiger partial charge is 0.137 e. The average Bonchev–Trinajstić information content (AvgIpc) is 2.21. The first-order chi connectivity index (χ1) is 7.06. The molecule has 1 nitrogen and oxygen atoms in total. The topological polar surface area (TPSA) is 20.2 Å². The van der Waals surface area contributed by atoms with Crippen molar-refractivity contribution in [2.24, 2.45) is 5.92 Å². The van der Waals surface area contributed by atoms with Crippen LogP contribution in [-0.2, 0) is 0 Å². The lowest BCUT2D eigenvalue weighted by atomic mass is 9.96. The molecule has 0 aliphatic heterocycles. The maximum atomic E-state index is 13.2. The lowest BCUT2D eigenvalue weighted by molar-refractivity contribution is 0.145. The lowest BCUT2D eigenvalue weighted by Crippen LogP contribution is -2.05. The Morgan fingerprint density at radius 1 is 1.47 bits per heavy atom. The summed E-state index contributed by atoms with van der Waals surface area (Å²) in [6, 6.07) is 4.75.